The second-order valence-electron chi connectivity index (χ2n) is 9.96. The van der Waals surface area contributed by atoms with Crippen LogP contribution in [0.25, 0.3) is 10.9 Å². The van der Waals surface area contributed by atoms with Gasteiger partial charge >= 0.3 is 0 Å². The minimum Gasteiger partial charge on any atom is -0.493 e. The van der Waals surface area contributed by atoms with Crippen LogP contribution in [0.3, 0.4) is 0 Å². The third kappa shape index (κ3) is 7.23. The van der Waals surface area contributed by atoms with Crippen molar-refractivity contribution >= 4 is 16.8 Å². The molecule has 0 aliphatic carbocycles. The number of benzene rings is 3. The molecule has 1 heterocycles. The first kappa shape index (κ1) is 26.5. The molecule has 0 aliphatic rings. The molecule has 0 saturated carbocycles. The van der Waals surface area contributed by atoms with Crippen LogP contribution in [0.2, 0.25) is 0 Å². The topological polar surface area (TPSA) is 66.2 Å². The van der Waals surface area contributed by atoms with Crippen molar-refractivity contribution in [2.75, 3.05) is 13.2 Å². The number of para-hydroxylation sites is 1. The lowest BCUT2D eigenvalue weighted by Crippen LogP contribution is -2.37. The highest BCUT2D eigenvalue weighted by molar-refractivity contribution is 5.84. The number of nitrogens with one attached hydrogen (secondary N) is 3. The van der Waals surface area contributed by atoms with Crippen LogP contribution in [0.4, 0.5) is 0 Å². The molecular weight excluding hydrogens is 458 g/mol. The molecule has 0 radical (unpaired) electrons. The van der Waals surface area contributed by atoms with Crippen LogP contribution in [-0.4, -0.2) is 24.0 Å². The van der Waals surface area contributed by atoms with Crippen LogP contribution in [0.1, 0.15) is 62.3 Å². The number of carbonyl (C=O) groups is 1. The van der Waals surface area contributed by atoms with E-state index >= 15 is 0 Å². The smallest absolute Gasteiger partial charge is 0.227 e. The molecule has 3 atom stereocenters. The number of aromatic nitrogens is 1. The molecule has 3 N–H and O–H groups in total. The molecule has 3 aromatic carbocycles. The number of carbonyl (C=O) groups excluding carboxylic acids is 1. The summed E-state index contributed by atoms with van der Waals surface area (Å²) in [5.74, 6) is 1.17. The number of amides is 1. The average molecular weight is 498 g/mol. The van der Waals surface area contributed by atoms with Crippen molar-refractivity contribution < 1.29 is 9.53 Å². The van der Waals surface area contributed by atoms with E-state index in [4.69, 9.17) is 4.74 Å². The molecule has 5 nitrogen and oxygen atoms in total. The van der Waals surface area contributed by atoms with E-state index in [1.165, 1.54) is 10.9 Å². The number of hydrogen-bond donors (Lipinski definition) is 3. The predicted molar refractivity (Wildman–Crippen MR) is 152 cm³/mol. The van der Waals surface area contributed by atoms with Gasteiger partial charge < -0.3 is 20.4 Å². The fourth-order valence-corrected chi connectivity index (χ4v) is 4.68. The van der Waals surface area contributed by atoms with E-state index < -0.39 is 0 Å². The fraction of sp³-hybridized carbons (Fsp3) is 0.344. The van der Waals surface area contributed by atoms with E-state index in [0.29, 0.717) is 25.6 Å². The Morgan fingerprint density at radius 2 is 1.65 bits per heavy atom. The number of aromatic amines is 1. The summed E-state index contributed by atoms with van der Waals surface area (Å²) in [6.45, 7) is 8.41. The van der Waals surface area contributed by atoms with E-state index in [9.17, 15) is 4.79 Å². The molecular formula is C32H39N3O2. The molecule has 1 aromatic heterocycles. The fourth-order valence-electron chi connectivity index (χ4n) is 4.68. The maximum absolute atomic E-state index is 13.2. The van der Waals surface area contributed by atoms with Crippen LogP contribution in [0, 0.1) is 5.92 Å². The highest BCUT2D eigenvalue weighted by Crippen LogP contribution is 2.22. The lowest BCUT2D eigenvalue weighted by atomic mass is 9.99. The van der Waals surface area contributed by atoms with Crippen molar-refractivity contribution in [3.63, 3.8) is 0 Å². The number of ether oxygens (including phenoxy) is 1. The first-order valence-corrected chi connectivity index (χ1v) is 13.4. The monoisotopic (exact) mass is 497 g/mol. The molecule has 0 spiro atoms. The second-order valence-corrected chi connectivity index (χ2v) is 9.96. The van der Waals surface area contributed by atoms with Gasteiger partial charge in [0.05, 0.1) is 18.6 Å². The van der Waals surface area contributed by atoms with E-state index in [2.05, 4.69) is 66.0 Å². The third-order valence-corrected chi connectivity index (χ3v) is 6.95. The molecule has 4 aromatic rings. The van der Waals surface area contributed by atoms with Gasteiger partial charge in [-0.2, -0.15) is 0 Å². The van der Waals surface area contributed by atoms with Gasteiger partial charge in [-0.25, -0.2) is 0 Å². The molecule has 0 aliphatic heterocycles. The zero-order valence-electron chi connectivity index (χ0n) is 22.2. The summed E-state index contributed by atoms with van der Waals surface area (Å²) in [6.07, 6.45) is 4.38. The lowest BCUT2D eigenvalue weighted by Gasteiger charge is -2.23. The molecule has 194 valence electrons. The number of H-pyrrole nitrogens is 1. The molecule has 0 bridgehead atoms. The second kappa shape index (κ2) is 13.1. The van der Waals surface area contributed by atoms with Gasteiger partial charge in [0.1, 0.15) is 5.75 Å². The molecule has 0 fully saturated rings. The normalized spacial score (nSPS) is 13.7. The third-order valence-electron chi connectivity index (χ3n) is 6.95. The van der Waals surface area contributed by atoms with E-state index in [0.717, 1.165) is 35.2 Å². The van der Waals surface area contributed by atoms with Crippen LogP contribution in [0.5, 0.6) is 5.75 Å². The van der Waals surface area contributed by atoms with Crippen LogP contribution in [-0.2, 0) is 11.3 Å². The molecule has 4 rings (SSSR count). The summed E-state index contributed by atoms with van der Waals surface area (Å²) < 4.78 is 6.00. The Balaban J connectivity index is 1.44. The molecule has 3 unspecified atom stereocenters. The Kier molecular flexibility index (Phi) is 9.39. The van der Waals surface area contributed by atoms with Crippen molar-refractivity contribution in [3.05, 3.63) is 102 Å². The molecule has 1 amide bonds. The zero-order valence-corrected chi connectivity index (χ0v) is 22.2. The SMILES string of the molecule is CCCC(C)COc1ccc(C(CNCc2c[nH]c3ccccc23)NC(=O)C(C)c2ccccc2)cc1. The van der Waals surface area contributed by atoms with Gasteiger partial charge in [0.15, 0.2) is 0 Å². The largest absolute Gasteiger partial charge is 0.493 e. The maximum atomic E-state index is 13.2. The van der Waals surface area contributed by atoms with Gasteiger partial charge in [-0.3, -0.25) is 4.79 Å². The predicted octanol–water partition coefficient (Wildman–Crippen LogP) is 6.73. The first-order valence-electron chi connectivity index (χ1n) is 13.4. The number of hydrogen-bond acceptors (Lipinski definition) is 3. The summed E-state index contributed by atoms with van der Waals surface area (Å²) in [6, 6.07) is 26.2. The van der Waals surface area contributed by atoms with Gasteiger partial charge in [0.25, 0.3) is 0 Å². The minimum atomic E-state index is -0.236. The minimum absolute atomic E-state index is 0.0128. The van der Waals surface area contributed by atoms with Crippen molar-refractivity contribution in [2.24, 2.45) is 5.92 Å². The van der Waals surface area contributed by atoms with E-state index in [1.54, 1.807) is 0 Å². The number of fused-ring (bicyclic) bond motifs is 1. The summed E-state index contributed by atoms with van der Waals surface area (Å²) in [7, 11) is 0. The molecule has 0 saturated heterocycles. The van der Waals surface area contributed by atoms with Crippen molar-refractivity contribution in [1.82, 2.24) is 15.6 Å². The summed E-state index contributed by atoms with van der Waals surface area (Å²) >= 11 is 0. The van der Waals surface area contributed by atoms with Crippen LogP contribution >= 0.6 is 0 Å². The van der Waals surface area contributed by atoms with Gasteiger partial charge in [-0.05, 0) is 54.2 Å². The zero-order chi connectivity index (χ0) is 26.0. The first-order chi connectivity index (χ1) is 18.0. The van der Waals surface area contributed by atoms with Crippen molar-refractivity contribution in [3.8, 4) is 5.75 Å². The number of rotatable bonds is 13. The Morgan fingerprint density at radius 3 is 2.41 bits per heavy atom. The van der Waals surface area contributed by atoms with Gasteiger partial charge in [0, 0.05) is 30.2 Å². The van der Waals surface area contributed by atoms with Crippen LogP contribution < -0.4 is 15.4 Å². The summed E-state index contributed by atoms with van der Waals surface area (Å²) in [5.41, 5.74) is 4.40. The summed E-state index contributed by atoms with van der Waals surface area (Å²) in [4.78, 5) is 16.6. The highest BCUT2D eigenvalue weighted by atomic mass is 16.5. The van der Waals surface area contributed by atoms with Crippen LogP contribution in [0.15, 0.2) is 85.1 Å². The van der Waals surface area contributed by atoms with E-state index in [1.807, 2.05) is 55.5 Å². The van der Waals surface area contributed by atoms with Gasteiger partial charge in [0.2, 0.25) is 5.91 Å². The van der Waals surface area contributed by atoms with Gasteiger partial charge in [-0.1, -0.05) is 80.9 Å². The Morgan fingerprint density at radius 1 is 0.919 bits per heavy atom. The van der Waals surface area contributed by atoms with E-state index in [-0.39, 0.29) is 17.9 Å². The van der Waals surface area contributed by atoms with Crippen molar-refractivity contribution in [2.45, 2.75) is 52.1 Å². The highest BCUT2D eigenvalue weighted by Gasteiger charge is 2.20. The van der Waals surface area contributed by atoms with Gasteiger partial charge in [-0.15, -0.1) is 0 Å². The Bertz CT molecular complexity index is 1250. The quantitative estimate of drug-likeness (QED) is 0.192. The Labute approximate surface area is 220 Å². The molecule has 37 heavy (non-hydrogen) atoms. The lowest BCUT2D eigenvalue weighted by molar-refractivity contribution is -0.123. The summed E-state index contributed by atoms with van der Waals surface area (Å²) in [5, 5.41) is 8.07. The molecule has 5 heteroatoms. The maximum Gasteiger partial charge on any atom is 0.227 e. The average Bonchev–Trinajstić information content (AvgIpc) is 3.35. The Hall–Kier alpha value is -3.57. The van der Waals surface area contributed by atoms with Crippen molar-refractivity contribution in [1.29, 1.82) is 0 Å². The standard InChI is InChI=1S/C32H39N3O2/c1-4-10-23(2)22-37-28-17-15-26(16-18-28)31(35-32(36)24(3)25-11-6-5-7-12-25)21-33-19-27-20-34-30-14-9-8-13-29(27)30/h5-9,11-18,20,23-24,31,33-34H,4,10,19,21-22H2,1-3H3,(H,35,36).